The van der Waals surface area contributed by atoms with Crippen LogP contribution in [0.1, 0.15) is 29.6 Å². The Balaban J connectivity index is 1.94. The van der Waals surface area contributed by atoms with E-state index in [1.54, 1.807) is 29.2 Å². The molecule has 1 saturated heterocycles. The summed E-state index contributed by atoms with van der Waals surface area (Å²) in [6.07, 6.45) is 4.34. The van der Waals surface area contributed by atoms with Crippen molar-refractivity contribution in [3.05, 3.63) is 76.2 Å². The summed E-state index contributed by atoms with van der Waals surface area (Å²) in [4.78, 5) is 27.8. The Kier molecular flexibility index (Phi) is 4.48. The number of aromatic nitrogens is 1. The van der Waals surface area contributed by atoms with Gasteiger partial charge in [-0.1, -0.05) is 18.2 Å². The maximum absolute atomic E-state index is 14.3. The first-order valence-electron chi connectivity index (χ1n) is 8.95. The first-order valence-corrected chi connectivity index (χ1v) is 8.95. The first-order chi connectivity index (χ1) is 13.1. The monoisotopic (exact) mass is 368 g/mol. The molecule has 27 heavy (non-hydrogen) atoms. The number of fused-ring (bicyclic) bond motifs is 1. The number of likely N-dealkylation sites (tertiary alicyclic amines) is 1. The molecule has 0 aliphatic carbocycles. The summed E-state index contributed by atoms with van der Waals surface area (Å²) >= 11 is 0. The molecule has 2 aromatic carbocycles. The van der Waals surface area contributed by atoms with E-state index in [-0.39, 0.29) is 11.6 Å². The van der Waals surface area contributed by atoms with Crippen LogP contribution >= 0.6 is 0 Å². The molecule has 2 heterocycles. The van der Waals surface area contributed by atoms with Crippen molar-refractivity contribution in [2.24, 2.45) is 0 Å². The molecule has 0 atom stereocenters. The predicted molar refractivity (Wildman–Crippen MR) is 99.2 cm³/mol. The summed E-state index contributed by atoms with van der Waals surface area (Å²) in [5.74, 6) is -1.76. The van der Waals surface area contributed by atoms with Crippen molar-refractivity contribution >= 4 is 16.7 Å². The third-order valence-electron chi connectivity index (χ3n) is 4.97. The number of hydrogen-bond donors (Lipinski definition) is 0. The van der Waals surface area contributed by atoms with Crippen molar-refractivity contribution in [3.8, 4) is 5.69 Å². The van der Waals surface area contributed by atoms with Crippen molar-refractivity contribution in [2.45, 2.75) is 19.3 Å². The summed E-state index contributed by atoms with van der Waals surface area (Å²) in [6.45, 7) is 1.33. The smallest absolute Gasteiger partial charge is 0.263 e. The van der Waals surface area contributed by atoms with E-state index in [1.165, 1.54) is 12.3 Å². The van der Waals surface area contributed by atoms with Crippen molar-refractivity contribution in [1.29, 1.82) is 0 Å². The van der Waals surface area contributed by atoms with Gasteiger partial charge in [-0.15, -0.1) is 0 Å². The van der Waals surface area contributed by atoms with E-state index in [4.69, 9.17) is 0 Å². The minimum Gasteiger partial charge on any atom is -0.339 e. The Labute approximate surface area is 154 Å². The van der Waals surface area contributed by atoms with E-state index in [1.807, 2.05) is 0 Å². The first kappa shape index (κ1) is 17.4. The average Bonchev–Trinajstić information content (AvgIpc) is 2.69. The lowest BCUT2D eigenvalue weighted by Crippen LogP contribution is -2.36. The lowest BCUT2D eigenvalue weighted by molar-refractivity contribution is 0.0725. The molecule has 0 unspecified atom stereocenters. The zero-order valence-corrected chi connectivity index (χ0v) is 14.6. The van der Waals surface area contributed by atoms with Gasteiger partial charge in [0.1, 0.15) is 11.6 Å². The Morgan fingerprint density at radius 2 is 1.63 bits per heavy atom. The Hall–Kier alpha value is -3.02. The van der Waals surface area contributed by atoms with E-state index in [9.17, 15) is 18.4 Å². The number of pyridine rings is 1. The van der Waals surface area contributed by atoms with Gasteiger partial charge in [-0.3, -0.25) is 14.2 Å². The van der Waals surface area contributed by atoms with Crippen LogP contribution in [0.5, 0.6) is 0 Å². The lowest BCUT2D eigenvalue weighted by atomic mass is 10.0. The van der Waals surface area contributed by atoms with E-state index >= 15 is 0 Å². The van der Waals surface area contributed by atoms with Gasteiger partial charge in [-0.05, 0) is 37.5 Å². The molecule has 138 valence electrons. The number of amides is 1. The second-order valence-electron chi connectivity index (χ2n) is 6.71. The normalized spacial score (nSPS) is 14.5. The number of rotatable bonds is 2. The van der Waals surface area contributed by atoms with Crippen molar-refractivity contribution in [1.82, 2.24) is 9.47 Å². The van der Waals surface area contributed by atoms with Crippen LogP contribution in [-0.2, 0) is 0 Å². The molecule has 4 nitrogen and oxygen atoms in total. The number of carbonyl (C=O) groups is 1. The van der Waals surface area contributed by atoms with Crippen molar-refractivity contribution in [3.63, 3.8) is 0 Å². The highest BCUT2D eigenvalue weighted by Gasteiger charge is 2.22. The minimum atomic E-state index is -0.858. The average molecular weight is 368 g/mol. The largest absolute Gasteiger partial charge is 0.339 e. The minimum absolute atomic E-state index is 0.0835. The van der Waals surface area contributed by atoms with Crippen LogP contribution in [0.25, 0.3) is 16.5 Å². The number of carbonyl (C=O) groups excluding carboxylic acids is 1. The number of halogens is 2. The van der Waals surface area contributed by atoms with Crippen LogP contribution in [0, 0.1) is 11.6 Å². The molecule has 1 aliphatic heterocycles. The van der Waals surface area contributed by atoms with Gasteiger partial charge in [-0.25, -0.2) is 8.78 Å². The molecule has 0 saturated carbocycles. The summed E-state index contributed by atoms with van der Waals surface area (Å²) < 4.78 is 28.7. The van der Waals surface area contributed by atoms with Gasteiger partial charge >= 0.3 is 0 Å². The van der Waals surface area contributed by atoms with E-state index in [0.29, 0.717) is 29.4 Å². The maximum atomic E-state index is 14.3. The number of benzene rings is 2. The fourth-order valence-electron chi connectivity index (χ4n) is 3.58. The molecule has 0 radical (unpaired) electrons. The van der Waals surface area contributed by atoms with E-state index in [2.05, 4.69) is 0 Å². The van der Waals surface area contributed by atoms with E-state index < -0.39 is 17.2 Å². The predicted octanol–water partition coefficient (Wildman–Crippen LogP) is 3.90. The zero-order valence-electron chi connectivity index (χ0n) is 14.6. The highest BCUT2D eigenvalue weighted by Crippen LogP contribution is 2.22. The van der Waals surface area contributed by atoms with Gasteiger partial charge in [0.2, 0.25) is 0 Å². The van der Waals surface area contributed by atoms with Gasteiger partial charge in [-0.2, -0.15) is 0 Å². The van der Waals surface area contributed by atoms with Crippen LogP contribution in [0.15, 0.2) is 53.5 Å². The molecule has 4 rings (SSSR count). The molecule has 1 amide bonds. The van der Waals surface area contributed by atoms with E-state index in [0.717, 1.165) is 36.0 Å². The fourth-order valence-corrected chi connectivity index (χ4v) is 3.58. The molecule has 1 aliphatic rings. The van der Waals surface area contributed by atoms with Crippen molar-refractivity contribution in [2.75, 3.05) is 13.1 Å². The molecule has 0 spiro atoms. The second kappa shape index (κ2) is 6.95. The molecular formula is C21H18F2N2O2. The number of hydrogen-bond acceptors (Lipinski definition) is 2. The summed E-state index contributed by atoms with van der Waals surface area (Å²) in [5.41, 5.74) is -0.193. The highest BCUT2D eigenvalue weighted by molar-refractivity contribution is 6.06. The van der Waals surface area contributed by atoms with Crippen LogP contribution in [0.3, 0.4) is 0 Å². The molecule has 0 N–H and O–H groups in total. The molecular weight excluding hydrogens is 350 g/mol. The Morgan fingerprint density at radius 3 is 2.33 bits per heavy atom. The quantitative estimate of drug-likeness (QED) is 0.689. The van der Waals surface area contributed by atoms with Crippen LogP contribution in [-0.4, -0.2) is 28.5 Å². The van der Waals surface area contributed by atoms with Crippen LogP contribution in [0.4, 0.5) is 8.78 Å². The number of nitrogens with zero attached hydrogens (tertiary/aromatic N) is 2. The summed E-state index contributed by atoms with van der Waals surface area (Å²) in [6, 6.07) is 9.81. The fraction of sp³-hybridized carbons (Fsp3) is 0.238. The molecule has 1 fully saturated rings. The van der Waals surface area contributed by atoms with Crippen LogP contribution in [0.2, 0.25) is 0 Å². The second-order valence-corrected chi connectivity index (χ2v) is 6.71. The van der Waals surface area contributed by atoms with Crippen LogP contribution < -0.4 is 5.56 Å². The number of piperidine rings is 1. The molecule has 6 heteroatoms. The lowest BCUT2D eigenvalue weighted by Gasteiger charge is -2.27. The molecule has 0 bridgehead atoms. The molecule has 3 aromatic rings. The van der Waals surface area contributed by atoms with Gasteiger partial charge in [0.15, 0.2) is 0 Å². The standard InChI is InChI=1S/C21H18F2N2O2/c22-14-8-9-19(18(23)12-14)25-13-17(20(26)24-10-4-1-5-11-24)15-6-2-3-7-16(15)21(25)27/h2-3,6-9,12-13H,1,4-5,10-11H2. The Bertz CT molecular complexity index is 1090. The topological polar surface area (TPSA) is 42.3 Å². The van der Waals surface area contributed by atoms with Gasteiger partial charge in [0, 0.05) is 36.1 Å². The highest BCUT2D eigenvalue weighted by atomic mass is 19.1. The third-order valence-corrected chi connectivity index (χ3v) is 4.97. The van der Waals surface area contributed by atoms with Gasteiger partial charge in [0.05, 0.1) is 11.3 Å². The summed E-state index contributed by atoms with van der Waals surface area (Å²) in [7, 11) is 0. The zero-order chi connectivity index (χ0) is 19.0. The third kappa shape index (κ3) is 3.12. The summed E-state index contributed by atoms with van der Waals surface area (Å²) in [5, 5.41) is 0.862. The van der Waals surface area contributed by atoms with Crippen molar-refractivity contribution < 1.29 is 13.6 Å². The Morgan fingerprint density at radius 1 is 0.926 bits per heavy atom. The maximum Gasteiger partial charge on any atom is 0.263 e. The molecule has 1 aromatic heterocycles. The van der Waals surface area contributed by atoms with Gasteiger partial charge < -0.3 is 4.90 Å². The van der Waals surface area contributed by atoms with Gasteiger partial charge in [0.25, 0.3) is 11.5 Å². The SMILES string of the molecule is O=C(c1cn(-c2ccc(F)cc2F)c(=O)c2ccccc12)N1CCCCC1.